The molecule has 6 nitrogen and oxygen atoms in total. The third kappa shape index (κ3) is 3.46. The molecule has 0 bridgehead atoms. The number of rotatable bonds is 4. The molecule has 0 spiro atoms. The summed E-state index contributed by atoms with van der Waals surface area (Å²) in [4.78, 5) is 30.3. The molecule has 1 amide bonds. The lowest BCUT2D eigenvalue weighted by molar-refractivity contribution is -0.151. The number of benzene rings is 2. The molecule has 1 N–H and O–H groups in total. The van der Waals surface area contributed by atoms with E-state index in [4.69, 9.17) is 4.42 Å². The maximum absolute atomic E-state index is 12.8. The van der Waals surface area contributed by atoms with Crippen molar-refractivity contribution in [1.29, 1.82) is 0 Å². The first-order chi connectivity index (χ1) is 13.1. The van der Waals surface area contributed by atoms with Crippen molar-refractivity contribution in [3.63, 3.8) is 0 Å². The summed E-state index contributed by atoms with van der Waals surface area (Å²) < 4.78 is 5.47. The van der Waals surface area contributed by atoms with E-state index >= 15 is 0 Å². The number of hydrogen-bond donors (Lipinski definition) is 1. The molecule has 0 radical (unpaired) electrons. The van der Waals surface area contributed by atoms with Crippen molar-refractivity contribution in [1.82, 2.24) is 9.88 Å². The Kier molecular flexibility index (Phi) is 4.46. The lowest BCUT2D eigenvalue weighted by atomic mass is 9.93. The number of carboxylic acids is 1. The van der Waals surface area contributed by atoms with Crippen LogP contribution in [0.3, 0.4) is 0 Å². The monoisotopic (exact) mass is 362 g/mol. The molecule has 2 aromatic carbocycles. The second-order valence-electron chi connectivity index (χ2n) is 6.54. The van der Waals surface area contributed by atoms with E-state index in [0.717, 1.165) is 16.7 Å². The Morgan fingerprint density at radius 1 is 1.07 bits per heavy atom. The molecule has 3 aromatic rings. The zero-order valence-corrected chi connectivity index (χ0v) is 14.5. The highest BCUT2D eigenvalue weighted by atomic mass is 16.4. The molecule has 0 aliphatic carbocycles. The predicted octanol–water partition coefficient (Wildman–Crippen LogP) is 2.92. The van der Waals surface area contributed by atoms with Gasteiger partial charge in [0.1, 0.15) is 12.3 Å². The van der Waals surface area contributed by atoms with E-state index in [1.165, 1.54) is 11.2 Å². The first-order valence-corrected chi connectivity index (χ1v) is 8.70. The standard InChI is InChI=1S/C21H18N2O4/c24-19(11-17-13-27-20(22-17)14-6-2-1-3-7-14)23-12-16-9-5-4-8-15(16)10-18(23)21(25)26/h1-9,13,18H,10-12H2,(H,25,26)/t18-/m0/s1. The fraction of sp³-hybridized carbons (Fsp3) is 0.190. The summed E-state index contributed by atoms with van der Waals surface area (Å²) in [6, 6.07) is 16.2. The van der Waals surface area contributed by atoms with Gasteiger partial charge in [0.2, 0.25) is 11.8 Å². The number of carbonyl (C=O) groups is 2. The van der Waals surface area contributed by atoms with Crippen LogP contribution in [0.15, 0.2) is 65.3 Å². The van der Waals surface area contributed by atoms with Gasteiger partial charge in [-0.25, -0.2) is 9.78 Å². The molecule has 2 heterocycles. The number of carbonyl (C=O) groups excluding carboxylic acids is 1. The average molecular weight is 362 g/mol. The number of carboxylic acid groups (broad SMARTS) is 1. The molecule has 6 heteroatoms. The van der Waals surface area contributed by atoms with Gasteiger partial charge in [0.25, 0.3) is 0 Å². The Bertz CT molecular complexity index is 981. The van der Waals surface area contributed by atoms with Crippen LogP contribution in [-0.4, -0.2) is 32.9 Å². The highest BCUT2D eigenvalue weighted by molar-refractivity contribution is 5.85. The number of fused-ring (bicyclic) bond motifs is 1. The number of aromatic nitrogens is 1. The van der Waals surface area contributed by atoms with Gasteiger partial charge < -0.3 is 14.4 Å². The highest BCUT2D eigenvalue weighted by Gasteiger charge is 2.34. The summed E-state index contributed by atoms with van der Waals surface area (Å²) in [5, 5.41) is 9.57. The van der Waals surface area contributed by atoms with Gasteiger partial charge in [-0.2, -0.15) is 0 Å². The first kappa shape index (κ1) is 17.0. The van der Waals surface area contributed by atoms with E-state index < -0.39 is 12.0 Å². The van der Waals surface area contributed by atoms with Crippen molar-refractivity contribution >= 4 is 11.9 Å². The molecule has 0 saturated heterocycles. The van der Waals surface area contributed by atoms with Crippen LogP contribution in [0.4, 0.5) is 0 Å². The minimum atomic E-state index is -0.997. The van der Waals surface area contributed by atoms with Crippen LogP contribution in [0.1, 0.15) is 16.8 Å². The molecule has 0 saturated carbocycles. The van der Waals surface area contributed by atoms with E-state index in [2.05, 4.69) is 4.98 Å². The van der Waals surface area contributed by atoms with Gasteiger partial charge in [-0.15, -0.1) is 0 Å². The summed E-state index contributed by atoms with van der Waals surface area (Å²) in [5.41, 5.74) is 3.27. The number of oxazole rings is 1. The van der Waals surface area contributed by atoms with Gasteiger partial charge in [0.15, 0.2) is 0 Å². The van der Waals surface area contributed by atoms with Crippen LogP contribution in [-0.2, 0) is 29.0 Å². The summed E-state index contributed by atoms with van der Waals surface area (Å²) in [6.45, 7) is 0.287. The molecule has 1 aromatic heterocycles. The van der Waals surface area contributed by atoms with Crippen LogP contribution in [0, 0.1) is 0 Å². The Balaban J connectivity index is 1.54. The summed E-state index contributed by atoms with van der Waals surface area (Å²) in [5.74, 6) is -0.829. The first-order valence-electron chi connectivity index (χ1n) is 8.70. The Morgan fingerprint density at radius 2 is 1.78 bits per heavy atom. The van der Waals surface area contributed by atoms with Gasteiger partial charge in [-0.3, -0.25) is 4.79 Å². The molecular weight excluding hydrogens is 344 g/mol. The molecule has 1 atom stereocenters. The van der Waals surface area contributed by atoms with Crippen molar-refractivity contribution in [2.45, 2.75) is 25.4 Å². The Hall–Kier alpha value is -3.41. The van der Waals surface area contributed by atoms with E-state index in [0.29, 0.717) is 18.0 Å². The SMILES string of the molecule is O=C(O)[C@@H]1Cc2ccccc2CN1C(=O)Cc1coc(-c2ccccc2)n1. The van der Waals surface area contributed by atoms with Crippen molar-refractivity contribution < 1.29 is 19.1 Å². The maximum Gasteiger partial charge on any atom is 0.326 e. The number of aliphatic carboxylic acids is 1. The van der Waals surface area contributed by atoms with Crippen LogP contribution in [0.2, 0.25) is 0 Å². The quantitative estimate of drug-likeness (QED) is 0.771. The third-order valence-electron chi connectivity index (χ3n) is 4.76. The molecule has 27 heavy (non-hydrogen) atoms. The van der Waals surface area contributed by atoms with Crippen molar-refractivity contribution in [3.8, 4) is 11.5 Å². The fourth-order valence-corrected chi connectivity index (χ4v) is 3.36. The molecule has 136 valence electrons. The van der Waals surface area contributed by atoms with Gasteiger partial charge >= 0.3 is 5.97 Å². The highest BCUT2D eigenvalue weighted by Crippen LogP contribution is 2.25. The van der Waals surface area contributed by atoms with Gasteiger partial charge in [-0.05, 0) is 23.3 Å². The lowest BCUT2D eigenvalue weighted by Crippen LogP contribution is -2.49. The minimum Gasteiger partial charge on any atom is -0.480 e. The van der Waals surface area contributed by atoms with Gasteiger partial charge in [0, 0.05) is 18.5 Å². The van der Waals surface area contributed by atoms with Crippen LogP contribution >= 0.6 is 0 Å². The summed E-state index contributed by atoms with van der Waals surface area (Å²) >= 11 is 0. The normalized spacial score (nSPS) is 16.0. The zero-order chi connectivity index (χ0) is 18.8. The molecular formula is C21H18N2O4. The number of amides is 1. The third-order valence-corrected chi connectivity index (χ3v) is 4.76. The maximum atomic E-state index is 12.8. The van der Waals surface area contributed by atoms with E-state index in [1.807, 2.05) is 54.6 Å². The Morgan fingerprint density at radius 3 is 2.52 bits per heavy atom. The lowest BCUT2D eigenvalue weighted by Gasteiger charge is -2.34. The predicted molar refractivity (Wildman–Crippen MR) is 97.8 cm³/mol. The zero-order valence-electron chi connectivity index (χ0n) is 14.5. The van der Waals surface area contributed by atoms with Crippen molar-refractivity contribution in [2.24, 2.45) is 0 Å². The largest absolute Gasteiger partial charge is 0.480 e. The fourth-order valence-electron chi connectivity index (χ4n) is 3.36. The number of nitrogens with zero attached hydrogens (tertiary/aromatic N) is 2. The van der Waals surface area contributed by atoms with Crippen LogP contribution in [0.5, 0.6) is 0 Å². The smallest absolute Gasteiger partial charge is 0.326 e. The van der Waals surface area contributed by atoms with Crippen LogP contribution in [0.25, 0.3) is 11.5 Å². The summed E-state index contributed by atoms with van der Waals surface area (Å²) in [6.07, 6.45) is 1.77. The Labute approximate surface area is 156 Å². The average Bonchev–Trinajstić information content (AvgIpc) is 3.16. The number of hydrogen-bond acceptors (Lipinski definition) is 4. The van der Waals surface area contributed by atoms with E-state index in [9.17, 15) is 14.7 Å². The van der Waals surface area contributed by atoms with Crippen molar-refractivity contribution in [3.05, 3.63) is 77.7 Å². The molecule has 0 fully saturated rings. The molecule has 1 aliphatic heterocycles. The molecule has 0 unspecified atom stereocenters. The van der Waals surface area contributed by atoms with E-state index in [1.54, 1.807) is 0 Å². The molecule has 4 rings (SSSR count). The van der Waals surface area contributed by atoms with Crippen molar-refractivity contribution in [2.75, 3.05) is 0 Å². The second-order valence-corrected chi connectivity index (χ2v) is 6.54. The summed E-state index contributed by atoms with van der Waals surface area (Å²) in [7, 11) is 0. The van der Waals surface area contributed by atoms with Gasteiger partial charge in [-0.1, -0.05) is 42.5 Å². The van der Waals surface area contributed by atoms with E-state index in [-0.39, 0.29) is 18.9 Å². The molecule has 1 aliphatic rings. The van der Waals surface area contributed by atoms with Crippen LogP contribution < -0.4 is 0 Å². The van der Waals surface area contributed by atoms with Gasteiger partial charge in [0.05, 0.1) is 12.1 Å². The topological polar surface area (TPSA) is 83.6 Å². The second kappa shape index (κ2) is 7.07. The minimum absolute atomic E-state index is 0.00226.